The Morgan fingerprint density at radius 2 is 1.72 bits per heavy atom. The third-order valence-electron chi connectivity index (χ3n) is 4.65. The number of rotatable bonds is 3. The van der Waals surface area contributed by atoms with Crippen LogP contribution in [0.3, 0.4) is 0 Å². The maximum Gasteiger partial charge on any atom is 0.416 e. The molecule has 0 aromatic heterocycles. The number of aryl methyl sites for hydroxylation is 1. The SMILES string of the molecule is Cc1cccc(C(c2ccc(C(F)(F)F)cc2)N2CCCNCC2)c1. The molecule has 2 aromatic carbocycles. The van der Waals surface area contributed by atoms with Gasteiger partial charge in [0.2, 0.25) is 0 Å². The highest BCUT2D eigenvalue weighted by atomic mass is 19.4. The summed E-state index contributed by atoms with van der Waals surface area (Å²) < 4.78 is 38.7. The lowest BCUT2D eigenvalue weighted by molar-refractivity contribution is -0.137. The Morgan fingerprint density at radius 3 is 2.40 bits per heavy atom. The van der Waals surface area contributed by atoms with Crippen LogP contribution < -0.4 is 5.32 Å². The van der Waals surface area contributed by atoms with Crippen molar-refractivity contribution >= 4 is 0 Å². The van der Waals surface area contributed by atoms with Crippen molar-refractivity contribution in [3.63, 3.8) is 0 Å². The fraction of sp³-hybridized carbons (Fsp3) is 0.400. The molecule has 1 atom stereocenters. The average Bonchev–Trinajstić information content (AvgIpc) is 2.84. The van der Waals surface area contributed by atoms with Gasteiger partial charge in [0.25, 0.3) is 0 Å². The van der Waals surface area contributed by atoms with Gasteiger partial charge in [-0.3, -0.25) is 4.90 Å². The van der Waals surface area contributed by atoms with E-state index in [4.69, 9.17) is 0 Å². The first-order valence-electron chi connectivity index (χ1n) is 8.63. The molecule has 1 saturated heterocycles. The molecule has 1 aliphatic heterocycles. The normalized spacial score (nSPS) is 17.9. The van der Waals surface area contributed by atoms with E-state index in [-0.39, 0.29) is 6.04 Å². The van der Waals surface area contributed by atoms with E-state index in [0.717, 1.165) is 49.3 Å². The zero-order chi connectivity index (χ0) is 17.9. The lowest BCUT2D eigenvalue weighted by atomic mass is 9.94. The van der Waals surface area contributed by atoms with Gasteiger partial charge in [-0.05, 0) is 43.1 Å². The molecule has 25 heavy (non-hydrogen) atoms. The third-order valence-corrected chi connectivity index (χ3v) is 4.65. The maximum absolute atomic E-state index is 12.9. The van der Waals surface area contributed by atoms with Gasteiger partial charge in [0.15, 0.2) is 0 Å². The van der Waals surface area contributed by atoms with Gasteiger partial charge < -0.3 is 5.32 Å². The van der Waals surface area contributed by atoms with Crippen molar-refractivity contribution in [1.29, 1.82) is 0 Å². The van der Waals surface area contributed by atoms with Crippen LogP contribution in [0.25, 0.3) is 0 Å². The molecule has 1 N–H and O–H groups in total. The molecule has 2 nitrogen and oxygen atoms in total. The number of hydrogen-bond acceptors (Lipinski definition) is 2. The van der Waals surface area contributed by atoms with Crippen molar-refractivity contribution in [2.45, 2.75) is 25.6 Å². The summed E-state index contributed by atoms with van der Waals surface area (Å²) in [4.78, 5) is 2.36. The number of hydrogen-bond donors (Lipinski definition) is 1. The van der Waals surface area contributed by atoms with Crippen molar-refractivity contribution in [2.24, 2.45) is 0 Å². The van der Waals surface area contributed by atoms with Gasteiger partial charge in [-0.1, -0.05) is 42.0 Å². The fourth-order valence-electron chi connectivity index (χ4n) is 3.43. The van der Waals surface area contributed by atoms with E-state index in [1.807, 2.05) is 19.1 Å². The first-order valence-corrected chi connectivity index (χ1v) is 8.63. The molecular formula is C20H23F3N2. The second-order valence-corrected chi connectivity index (χ2v) is 6.58. The van der Waals surface area contributed by atoms with Gasteiger partial charge in [0, 0.05) is 19.6 Å². The van der Waals surface area contributed by atoms with Crippen LogP contribution in [0, 0.1) is 6.92 Å². The van der Waals surface area contributed by atoms with Gasteiger partial charge in [-0.2, -0.15) is 13.2 Å². The summed E-state index contributed by atoms with van der Waals surface area (Å²) in [5.41, 5.74) is 2.58. The zero-order valence-electron chi connectivity index (χ0n) is 14.3. The smallest absolute Gasteiger partial charge is 0.315 e. The standard InChI is InChI=1S/C20H23F3N2/c1-15-4-2-5-17(14-15)19(25-12-3-10-24-11-13-25)16-6-8-18(9-7-16)20(21,22)23/h2,4-9,14,19,24H,3,10-13H2,1H3. The summed E-state index contributed by atoms with van der Waals surface area (Å²) in [6.45, 7) is 5.70. The summed E-state index contributed by atoms with van der Waals surface area (Å²) in [5.74, 6) is 0. The number of halogens is 3. The second kappa shape index (κ2) is 7.58. The lowest BCUT2D eigenvalue weighted by Crippen LogP contribution is -2.33. The Hall–Kier alpha value is -1.85. The Kier molecular flexibility index (Phi) is 5.45. The maximum atomic E-state index is 12.9. The molecule has 5 heteroatoms. The van der Waals surface area contributed by atoms with Crippen LogP contribution in [-0.2, 0) is 6.18 Å². The molecule has 2 aromatic rings. The summed E-state index contributed by atoms with van der Waals surface area (Å²) in [7, 11) is 0. The molecule has 0 bridgehead atoms. The number of nitrogens with zero attached hydrogens (tertiary/aromatic N) is 1. The van der Waals surface area contributed by atoms with Crippen molar-refractivity contribution in [3.8, 4) is 0 Å². The molecule has 1 aliphatic rings. The Balaban J connectivity index is 1.98. The average molecular weight is 348 g/mol. The largest absolute Gasteiger partial charge is 0.416 e. The molecule has 1 heterocycles. The first-order chi connectivity index (χ1) is 11.9. The highest BCUT2D eigenvalue weighted by Gasteiger charge is 2.31. The number of alkyl halides is 3. The van der Waals surface area contributed by atoms with Gasteiger partial charge >= 0.3 is 6.18 Å². The van der Waals surface area contributed by atoms with Gasteiger partial charge in [0.1, 0.15) is 0 Å². The van der Waals surface area contributed by atoms with Crippen LogP contribution in [0.15, 0.2) is 48.5 Å². The molecule has 3 rings (SSSR count). The second-order valence-electron chi connectivity index (χ2n) is 6.58. The van der Waals surface area contributed by atoms with Crippen LogP contribution in [-0.4, -0.2) is 31.1 Å². The van der Waals surface area contributed by atoms with Crippen LogP contribution in [0.2, 0.25) is 0 Å². The van der Waals surface area contributed by atoms with E-state index in [0.29, 0.717) is 0 Å². The van der Waals surface area contributed by atoms with E-state index >= 15 is 0 Å². The van der Waals surface area contributed by atoms with E-state index < -0.39 is 11.7 Å². The molecule has 0 saturated carbocycles. The summed E-state index contributed by atoms with van der Waals surface area (Å²) in [6, 6.07) is 13.8. The van der Waals surface area contributed by atoms with Crippen LogP contribution >= 0.6 is 0 Å². The van der Waals surface area contributed by atoms with Crippen molar-refractivity contribution in [2.75, 3.05) is 26.2 Å². The molecule has 1 unspecified atom stereocenters. The van der Waals surface area contributed by atoms with Gasteiger partial charge in [0.05, 0.1) is 11.6 Å². The number of benzene rings is 2. The van der Waals surface area contributed by atoms with Crippen molar-refractivity contribution in [1.82, 2.24) is 10.2 Å². The van der Waals surface area contributed by atoms with E-state index in [2.05, 4.69) is 22.3 Å². The minimum atomic E-state index is -4.30. The minimum Gasteiger partial charge on any atom is -0.315 e. The number of nitrogens with one attached hydrogen (secondary N) is 1. The Bertz CT molecular complexity index is 687. The molecule has 0 spiro atoms. The van der Waals surface area contributed by atoms with Crippen LogP contribution in [0.5, 0.6) is 0 Å². The minimum absolute atomic E-state index is 0.0258. The van der Waals surface area contributed by atoms with Crippen molar-refractivity contribution in [3.05, 3.63) is 70.8 Å². The highest BCUT2D eigenvalue weighted by Crippen LogP contribution is 2.33. The van der Waals surface area contributed by atoms with Crippen molar-refractivity contribution < 1.29 is 13.2 Å². The predicted octanol–water partition coefficient (Wildman–Crippen LogP) is 4.40. The van der Waals surface area contributed by atoms with Gasteiger partial charge in [-0.25, -0.2) is 0 Å². The zero-order valence-corrected chi connectivity index (χ0v) is 14.3. The lowest BCUT2D eigenvalue weighted by Gasteiger charge is -2.31. The molecule has 1 fully saturated rings. The third kappa shape index (κ3) is 4.41. The van der Waals surface area contributed by atoms with Crippen LogP contribution in [0.4, 0.5) is 13.2 Å². The first kappa shape index (κ1) is 18.0. The molecular weight excluding hydrogens is 325 g/mol. The van der Waals surface area contributed by atoms with Crippen LogP contribution in [0.1, 0.15) is 34.7 Å². The predicted molar refractivity (Wildman–Crippen MR) is 93.5 cm³/mol. The highest BCUT2D eigenvalue weighted by molar-refractivity contribution is 5.36. The summed E-state index contributed by atoms with van der Waals surface area (Å²) in [6.07, 6.45) is -3.27. The quantitative estimate of drug-likeness (QED) is 0.884. The van der Waals surface area contributed by atoms with Gasteiger partial charge in [-0.15, -0.1) is 0 Å². The molecule has 0 radical (unpaired) electrons. The van der Waals surface area contributed by atoms with E-state index in [1.165, 1.54) is 12.1 Å². The molecule has 0 aliphatic carbocycles. The summed E-state index contributed by atoms with van der Waals surface area (Å²) >= 11 is 0. The van der Waals surface area contributed by atoms with E-state index in [1.54, 1.807) is 12.1 Å². The van der Waals surface area contributed by atoms with E-state index in [9.17, 15) is 13.2 Å². The Morgan fingerprint density at radius 1 is 0.960 bits per heavy atom. The molecule has 0 amide bonds. The topological polar surface area (TPSA) is 15.3 Å². The monoisotopic (exact) mass is 348 g/mol. The summed E-state index contributed by atoms with van der Waals surface area (Å²) in [5, 5.41) is 3.38. The Labute approximate surface area is 146 Å². The fourth-order valence-corrected chi connectivity index (χ4v) is 3.43. The molecule has 134 valence electrons.